The molecule has 0 aliphatic heterocycles. The average molecular weight is 452 g/mol. The van der Waals surface area contributed by atoms with Crippen molar-refractivity contribution in [3.05, 3.63) is 80.2 Å². The van der Waals surface area contributed by atoms with Crippen LogP contribution >= 0.6 is 15.9 Å². The number of hydrogen-bond acceptors (Lipinski definition) is 4. The SMILES string of the molecule is Cc1nn(-c2ccc(Br)cc2)c(NC(=O)c2nn(C)c3ccccc3c2=O)c1C. The van der Waals surface area contributed by atoms with E-state index in [4.69, 9.17) is 0 Å². The van der Waals surface area contributed by atoms with Gasteiger partial charge < -0.3 is 5.32 Å². The smallest absolute Gasteiger partial charge is 0.281 e. The maximum atomic E-state index is 13.0. The highest BCUT2D eigenvalue weighted by Gasteiger charge is 2.21. The van der Waals surface area contributed by atoms with Crippen molar-refractivity contribution in [2.75, 3.05) is 5.32 Å². The third kappa shape index (κ3) is 3.36. The lowest BCUT2D eigenvalue weighted by Gasteiger charge is -2.11. The number of anilines is 1. The van der Waals surface area contributed by atoms with Gasteiger partial charge in [0.15, 0.2) is 5.69 Å². The van der Waals surface area contributed by atoms with Crippen molar-refractivity contribution in [3.63, 3.8) is 0 Å². The van der Waals surface area contributed by atoms with Crippen LogP contribution in [0.4, 0.5) is 5.82 Å². The zero-order chi connectivity index (χ0) is 20.7. The molecule has 146 valence electrons. The van der Waals surface area contributed by atoms with Crippen LogP contribution in [0.25, 0.3) is 16.6 Å². The maximum Gasteiger partial charge on any atom is 0.281 e. The Hall–Kier alpha value is -3.26. The van der Waals surface area contributed by atoms with E-state index in [2.05, 4.69) is 31.4 Å². The minimum atomic E-state index is -0.572. The summed E-state index contributed by atoms with van der Waals surface area (Å²) in [7, 11) is 1.71. The molecule has 0 spiro atoms. The van der Waals surface area contributed by atoms with Crippen LogP contribution in [0.5, 0.6) is 0 Å². The van der Waals surface area contributed by atoms with E-state index in [-0.39, 0.29) is 5.69 Å². The van der Waals surface area contributed by atoms with Crippen molar-refractivity contribution < 1.29 is 4.79 Å². The maximum absolute atomic E-state index is 13.0. The molecule has 0 atom stereocenters. The van der Waals surface area contributed by atoms with Crippen LogP contribution in [0, 0.1) is 13.8 Å². The van der Waals surface area contributed by atoms with Crippen molar-refractivity contribution in [2.45, 2.75) is 13.8 Å². The second-order valence-electron chi connectivity index (χ2n) is 6.72. The predicted octanol–water partition coefficient (Wildman–Crippen LogP) is 3.75. The molecule has 1 N–H and O–H groups in total. The quantitative estimate of drug-likeness (QED) is 0.514. The van der Waals surface area contributed by atoms with Gasteiger partial charge in [0.1, 0.15) is 5.82 Å². The van der Waals surface area contributed by atoms with Gasteiger partial charge in [-0.3, -0.25) is 14.3 Å². The minimum Gasteiger partial charge on any atom is -0.305 e. The number of halogens is 1. The third-order valence-corrected chi connectivity index (χ3v) is 5.37. The van der Waals surface area contributed by atoms with Crippen LogP contribution in [0.2, 0.25) is 0 Å². The highest BCUT2D eigenvalue weighted by molar-refractivity contribution is 9.10. The van der Waals surface area contributed by atoms with E-state index < -0.39 is 11.3 Å². The normalized spacial score (nSPS) is 11.0. The molecule has 29 heavy (non-hydrogen) atoms. The lowest BCUT2D eigenvalue weighted by molar-refractivity contribution is 0.101. The Balaban J connectivity index is 1.79. The molecule has 2 heterocycles. The Bertz CT molecular complexity index is 1310. The zero-order valence-electron chi connectivity index (χ0n) is 16.1. The van der Waals surface area contributed by atoms with Gasteiger partial charge in [-0.1, -0.05) is 28.1 Å². The molecular weight excluding hydrogens is 434 g/mol. The Labute approximate surface area is 175 Å². The largest absolute Gasteiger partial charge is 0.305 e. The number of aryl methyl sites for hydroxylation is 2. The van der Waals surface area contributed by atoms with Crippen molar-refractivity contribution in [1.29, 1.82) is 0 Å². The summed E-state index contributed by atoms with van der Waals surface area (Å²) in [6, 6.07) is 14.6. The van der Waals surface area contributed by atoms with E-state index in [1.807, 2.05) is 44.2 Å². The molecule has 0 saturated carbocycles. The van der Waals surface area contributed by atoms with Crippen LogP contribution in [0.3, 0.4) is 0 Å². The summed E-state index contributed by atoms with van der Waals surface area (Å²) in [5.74, 6) is -0.0652. The van der Waals surface area contributed by atoms with Crippen molar-refractivity contribution in [2.24, 2.45) is 7.05 Å². The van der Waals surface area contributed by atoms with Crippen molar-refractivity contribution in [1.82, 2.24) is 19.6 Å². The molecule has 0 aliphatic carbocycles. The number of para-hydroxylation sites is 1. The highest BCUT2D eigenvalue weighted by atomic mass is 79.9. The monoisotopic (exact) mass is 451 g/mol. The molecule has 2 aromatic carbocycles. The standard InChI is InChI=1S/C21H18BrN5O2/c1-12-13(2)24-27(15-10-8-14(22)9-11-15)20(12)23-21(29)18-19(28)16-6-4-5-7-17(16)26(3)25-18/h4-11H,1-3H3,(H,23,29). The van der Waals surface area contributed by atoms with E-state index in [9.17, 15) is 9.59 Å². The lowest BCUT2D eigenvalue weighted by atomic mass is 10.2. The first-order valence-corrected chi connectivity index (χ1v) is 9.75. The fourth-order valence-corrected chi connectivity index (χ4v) is 3.43. The Morgan fingerprint density at radius 1 is 1.03 bits per heavy atom. The van der Waals surface area contributed by atoms with E-state index in [1.165, 1.54) is 4.68 Å². The van der Waals surface area contributed by atoms with E-state index in [0.29, 0.717) is 16.7 Å². The number of nitrogens with one attached hydrogen (secondary N) is 1. The molecule has 1 amide bonds. The fraction of sp³-hybridized carbons (Fsp3) is 0.143. The molecule has 2 aromatic heterocycles. The average Bonchev–Trinajstić information content (AvgIpc) is 2.99. The lowest BCUT2D eigenvalue weighted by Crippen LogP contribution is -2.27. The van der Waals surface area contributed by atoms with Gasteiger partial charge in [0.25, 0.3) is 5.91 Å². The van der Waals surface area contributed by atoms with Gasteiger partial charge in [0, 0.05) is 22.5 Å². The summed E-state index contributed by atoms with van der Waals surface area (Å²) < 4.78 is 4.13. The number of fused-ring (bicyclic) bond motifs is 1. The first kappa shape index (κ1) is 19.1. The second-order valence-corrected chi connectivity index (χ2v) is 7.64. The van der Waals surface area contributed by atoms with E-state index in [1.54, 1.807) is 29.9 Å². The van der Waals surface area contributed by atoms with Crippen LogP contribution < -0.4 is 10.7 Å². The highest BCUT2D eigenvalue weighted by Crippen LogP contribution is 2.24. The molecule has 8 heteroatoms. The van der Waals surface area contributed by atoms with Crippen molar-refractivity contribution in [3.8, 4) is 5.69 Å². The van der Waals surface area contributed by atoms with Gasteiger partial charge in [0.05, 0.1) is 16.9 Å². The Morgan fingerprint density at radius 3 is 2.45 bits per heavy atom. The summed E-state index contributed by atoms with van der Waals surface area (Å²) in [5.41, 5.74) is 2.49. The molecule has 0 saturated heterocycles. The van der Waals surface area contributed by atoms with Gasteiger partial charge >= 0.3 is 0 Å². The van der Waals surface area contributed by atoms with Gasteiger partial charge in [-0.25, -0.2) is 4.68 Å². The summed E-state index contributed by atoms with van der Waals surface area (Å²) in [6.45, 7) is 3.74. The summed E-state index contributed by atoms with van der Waals surface area (Å²) in [5, 5.41) is 12.0. The zero-order valence-corrected chi connectivity index (χ0v) is 17.7. The Morgan fingerprint density at radius 2 is 1.72 bits per heavy atom. The molecule has 0 fully saturated rings. The number of carbonyl (C=O) groups is 1. The number of benzene rings is 2. The Kier molecular flexibility index (Phi) is 4.79. The molecule has 0 bridgehead atoms. The first-order chi connectivity index (χ1) is 13.9. The van der Waals surface area contributed by atoms with Gasteiger partial charge in [0.2, 0.25) is 5.43 Å². The number of rotatable bonds is 3. The predicted molar refractivity (Wildman–Crippen MR) is 116 cm³/mol. The minimum absolute atomic E-state index is 0.160. The topological polar surface area (TPSA) is 81.8 Å². The number of aromatic nitrogens is 4. The molecule has 0 aliphatic rings. The van der Waals surface area contributed by atoms with Crippen LogP contribution in [-0.2, 0) is 7.05 Å². The number of hydrogen-bond donors (Lipinski definition) is 1. The number of carbonyl (C=O) groups excluding carboxylic acids is 1. The summed E-state index contributed by atoms with van der Waals surface area (Å²) in [6.07, 6.45) is 0. The number of amides is 1. The summed E-state index contributed by atoms with van der Waals surface area (Å²) in [4.78, 5) is 25.8. The molecule has 0 radical (unpaired) electrons. The van der Waals surface area contributed by atoms with Crippen LogP contribution in [0.15, 0.2) is 57.8 Å². The molecule has 0 unspecified atom stereocenters. The van der Waals surface area contributed by atoms with Gasteiger partial charge in [-0.2, -0.15) is 10.2 Å². The molecule has 4 aromatic rings. The third-order valence-electron chi connectivity index (χ3n) is 4.84. The summed E-state index contributed by atoms with van der Waals surface area (Å²) >= 11 is 3.42. The van der Waals surface area contributed by atoms with E-state index in [0.717, 1.165) is 21.4 Å². The van der Waals surface area contributed by atoms with Gasteiger partial charge in [-0.15, -0.1) is 0 Å². The fourth-order valence-electron chi connectivity index (χ4n) is 3.16. The second kappa shape index (κ2) is 7.29. The van der Waals surface area contributed by atoms with Crippen molar-refractivity contribution >= 4 is 38.6 Å². The molecule has 4 rings (SSSR count). The molecule has 7 nitrogen and oxygen atoms in total. The number of nitrogens with zero attached hydrogens (tertiary/aromatic N) is 4. The van der Waals surface area contributed by atoms with Crippen LogP contribution in [-0.4, -0.2) is 25.5 Å². The van der Waals surface area contributed by atoms with E-state index >= 15 is 0 Å². The van der Waals surface area contributed by atoms with Crippen LogP contribution in [0.1, 0.15) is 21.7 Å². The van der Waals surface area contributed by atoms with Gasteiger partial charge in [-0.05, 0) is 50.2 Å². The first-order valence-electron chi connectivity index (χ1n) is 8.96. The molecular formula is C21H18BrN5O2.